The first-order valence-electron chi connectivity index (χ1n) is 7.67. The van der Waals surface area contributed by atoms with Crippen molar-refractivity contribution >= 4 is 11.7 Å². The monoisotopic (exact) mass is 333 g/mol. The Kier molecular flexibility index (Phi) is 6.08. The van der Waals surface area contributed by atoms with Crippen molar-refractivity contribution in [3.63, 3.8) is 0 Å². The minimum Gasteiger partial charge on any atom is -0.396 e. The van der Waals surface area contributed by atoms with Crippen LogP contribution < -0.4 is 16.2 Å². The molecule has 0 spiro atoms. The van der Waals surface area contributed by atoms with Crippen molar-refractivity contribution in [2.45, 2.75) is 25.9 Å². The van der Waals surface area contributed by atoms with E-state index >= 15 is 0 Å². The lowest BCUT2D eigenvalue weighted by Gasteiger charge is -2.19. The molecule has 0 radical (unpaired) electrons. The Balaban J connectivity index is 2.07. The van der Waals surface area contributed by atoms with Crippen LogP contribution in [0.25, 0.3) is 0 Å². The number of halogens is 1. The third-order valence-electron chi connectivity index (χ3n) is 3.58. The molecule has 1 heterocycles. The predicted molar refractivity (Wildman–Crippen MR) is 89.4 cm³/mol. The Morgan fingerprint density at radius 2 is 1.96 bits per heavy atom. The average Bonchev–Trinajstić information content (AvgIpc) is 2.57. The second-order valence-electron chi connectivity index (χ2n) is 5.26. The molecule has 1 aromatic carbocycles. The van der Waals surface area contributed by atoms with E-state index in [0.717, 1.165) is 0 Å². The number of carbonyl (C=O) groups excluding carboxylic acids is 1. The van der Waals surface area contributed by atoms with Gasteiger partial charge >= 0.3 is 6.03 Å². The predicted octanol–water partition coefficient (Wildman–Crippen LogP) is 2.25. The van der Waals surface area contributed by atoms with Crippen LogP contribution in [0.3, 0.4) is 0 Å². The molecule has 2 rings (SSSR count). The van der Waals surface area contributed by atoms with Gasteiger partial charge in [0.1, 0.15) is 5.82 Å². The summed E-state index contributed by atoms with van der Waals surface area (Å²) in [4.78, 5) is 23.7. The number of anilines is 1. The Hall–Kier alpha value is -2.67. The van der Waals surface area contributed by atoms with Crippen molar-refractivity contribution in [1.82, 2.24) is 9.88 Å². The first-order valence-corrected chi connectivity index (χ1v) is 7.67. The molecule has 6 nitrogen and oxygen atoms in total. The number of nitrogens with one attached hydrogen (secondary N) is 2. The van der Waals surface area contributed by atoms with Crippen LogP contribution in [0.4, 0.5) is 14.9 Å². The molecule has 0 bridgehead atoms. The molecular formula is C17H20FN3O3. The van der Waals surface area contributed by atoms with Gasteiger partial charge in [0, 0.05) is 25.4 Å². The molecule has 2 amide bonds. The summed E-state index contributed by atoms with van der Waals surface area (Å²) in [5, 5.41) is 14.6. The molecule has 0 fully saturated rings. The molecule has 3 N–H and O–H groups in total. The third kappa shape index (κ3) is 4.66. The highest BCUT2D eigenvalue weighted by atomic mass is 19.1. The zero-order valence-electron chi connectivity index (χ0n) is 13.3. The number of hydrogen-bond acceptors (Lipinski definition) is 3. The number of pyridine rings is 1. The van der Waals surface area contributed by atoms with E-state index in [1.165, 1.54) is 28.8 Å². The average molecular weight is 333 g/mol. The Morgan fingerprint density at radius 3 is 2.58 bits per heavy atom. The van der Waals surface area contributed by atoms with Gasteiger partial charge in [0.2, 0.25) is 0 Å². The van der Waals surface area contributed by atoms with Crippen molar-refractivity contribution in [2.24, 2.45) is 0 Å². The molecule has 0 aliphatic rings. The maximum absolute atomic E-state index is 13.0. The van der Waals surface area contributed by atoms with Gasteiger partial charge in [0.15, 0.2) is 0 Å². The fourth-order valence-electron chi connectivity index (χ4n) is 2.32. The van der Waals surface area contributed by atoms with Crippen molar-refractivity contribution in [2.75, 3.05) is 11.9 Å². The van der Waals surface area contributed by atoms with Crippen LogP contribution in [0.15, 0.2) is 47.4 Å². The number of aliphatic hydroxyl groups is 1. The largest absolute Gasteiger partial charge is 0.396 e. The summed E-state index contributed by atoms with van der Waals surface area (Å²) in [6, 6.07) is 7.71. The lowest BCUT2D eigenvalue weighted by molar-refractivity contribution is 0.239. The number of aryl methyl sites for hydroxylation is 1. The number of amides is 2. The van der Waals surface area contributed by atoms with Crippen LogP contribution >= 0.6 is 0 Å². The van der Waals surface area contributed by atoms with Crippen molar-refractivity contribution in [3.05, 3.63) is 64.3 Å². The van der Waals surface area contributed by atoms with E-state index in [2.05, 4.69) is 10.6 Å². The Morgan fingerprint density at radius 1 is 1.25 bits per heavy atom. The van der Waals surface area contributed by atoms with E-state index < -0.39 is 12.1 Å². The quantitative estimate of drug-likeness (QED) is 0.758. The van der Waals surface area contributed by atoms with Gasteiger partial charge in [-0.15, -0.1) is 0 Å². The molecule has 1 aromatic heterocycles. The van der Waals surface area contributed by atoms with E-state index in [-0.39, 0.29) is 18.0 Å². The van der Waals surface area contributed by atoms with E-state index in [0.29, 0.717) is 24.2 Å². The van der Waals surface area contributed by atoms with Gasteiger partial charge in [0.25, 0.3) is 5.56 Å². The summed E-state index contributed by atoms with van der Waals surface area (Å²) >= 11 is 0. The van der Waals surface area contributed by atoms with Crippen molar-refractivity contribution in [1.29, 1.82) is 0 Å². The van der Waals surface area contributed by atoms with Crippen molar-refractivity contribution < 1.29 is 14.3 Å². The molecule has 24 heavy (non-hydrogen) atoms. The third-order valence-corrected chi connectivity index (χ3v) is 3.58. The number of hydrogen-bond donors (Lipinski definition) is 3. The first kappa shape index (κ1) is 17.7. The number of urea groups is 1. The highest BCUT2D eigenvalue weighted by Gasteiger charge is 2.14. The SMILES string of the molecule is CCn1cc(NC(=O)NC(CCO)c2ccc(F)cc2)ccc1=O. The van der Waals surface area contributed by atoms with E-state index in [1.807, 2.05) is 6.92 Å². The number of carbonyl (C=O) groups is 1. The number of aliphatic hydroxyl groups excluding tert-OH is 1. The summed E-state index contributed by atoms with van der Waals surface area (Å²) in [5.74, 6) is -0.368. The standard InChI is InChI=1S/C17H20FN3O3/c1-2-21-11-14(7-8-16(21)23)19-17(24)20-15(9-10-22)12-3-5-13(18)6-4-12/h3-8,11,15,22H,2,9-10H2,1H3,(H2,19,20,24). The van der Waals surface area contributed by atoms with Gasteiger partial charge in [-0.25, -0.2) is 9.18 Å². The minimum absolute atomic E-state index is 0.122. The van der Waals surface area contributed by atoms with Gasteiger partial charge in [-0.05, 0) is 37.1 Å². The van der Waals surface area contributed by atoms with E-state index in [9.17, 15) is 19.1 Å². The van der Waals surface area contributed by atoms with Gasteiger partial charge in [-0.2, -0.15) is 0 Å². The molecule has 0 saturated heterocycles. The molecule has 1 unspecified atom stereocenters. The zero-order chi connectivity index (χ0) is 17.5. The lowest BCUT2D eigenvalue weighted by atomic mass is 10.0. The first-order chi connectivity index (χ1) is 11.5. The maximum atomic E-state index is 13.0. The summed E-state index contributed by atoms with van der Waals surface area (Å²) < 4.78 is 14.5. The highest BCUT2D eigenvalue weighted by Crippen LogP contribution is 2.17. The summed E-state index contributed by atoms with van der Waals surface area (Å²) in [7, 11) is 0. The van der Waals surface area contributed by atoms with Crippen LogP contribution in [0.2, 0.25) is 0 Å². The Labute approximate surface area is 138 Å². The molecule has 128 valence electrons. The number of nitrogens with zero attached hydrogens (tertiary/aromatic N) is 1. The molecule has 0 aliphatic heterocycles. The van der Waals surface area contributed by atoms with Gasteiger partial charge in [-0.3, -0.25) is 4.79 Å². The fraction of sp³-hybridized carbons (Fsp3) is 0.294. The van der Waals surface area contributed by atoms with Crippen molar-refractivity contribution in [3.8, 4) is 0 Å². The molecular weight excluding hydrogens is 313 g/mol. The summed E-state index contributed by atoms with van der Waals surface area (Å²) in [6.07, 6.45) is 1.86. The highest BCUT2D eigenvalue weighted by molar-refractivity contribution is 5.89. The lowest BCUT2D eigenvalue weighted by Crippen LogP contribution is -2.33. The fourth-order valence-corrected chi connectivity index (χ4v) is 2.32. The maximum Gasteiger partial charge on any atom is 0.319 e. The minimum atomic E-state index is -0.473. The van der Waals surface area contributed by atoms with Crippen LogP contribution in [0.1, 0.15) is 24.9 Å². The molecule has 1 atom stereocenters. The number of benzene rings is 1. The Bertz CT molecular complexity index is 743. The normalized spacial score (nSPS) is 11.8. The van der Waals surface area contributed by atoms with Gasteiger partial charge in [0.05, 0.1) is 11.7 Å². The zero-order valence-corrected chi connectivity index (χ0v) is 13.3. The topological polar surface area (TPSA) is 83.4 Å². The molecule has 7 heteroatoms. The van der Waals surface area contributed by atoms with Crippen LogP contribution in [-0.4, -0.2) is 22.3 Å². The molecule has 0 aliphatic carbocycles. The van der Waals surface area contributed by atoms with Gasteiger partial charge in [-0.1, -0.05) is 12.1 Å². The van der Waals surface area contributed by atoms with E-state index in [4.69, 9.17) is 0 Å². The van der Waals surface area contributed by atoms with E-state index in [1.54, 1.807) is 18.3 Å². The summed E-state index contributed by atoms with van der Waals surface area (Å²) in [6.45, 7) is 2.21. The molecule has 2 aromatic rings. The second kappa shape index (κ2) is 8.26. The number of aromatic nitrogens is 1. The van der Waals surface area contributed by atoms with Crippen LogP contribution in [-0.2, 0) is 6.54 Å². The smallest absolute Gasteiger partial charge is 0.319 e. The van der Waals surface area contributed by atoms with Gasteiger partial charge < -0.3 is 20.3 Å². The van der Waals surface area contributed by atoms with Crippen LogP contribution in [0.5, 0.6) is 0 Å². The van der Waals surface area contributed by atoms with Crippen LogP contribution in [0, 0.1) is 5.82 Å². The molecule has 0 saturated carbocycles. The second-order valence-corrected chi connectivity index (χ2v) is 5.26. The summed E-state index contributed by atoms with van der Waals surface area (Å²) in [5.41, 5.74) is 1.03. The number of rotatable bonds is 6.